The highest BCUT2D eigenvalue weighted by Crippen LogP contribution is 2.18. The summed E-state index contributed by atoms with van der Waals surface area (Å²) < 4.78 is 6.73. The third-order valence-corrected chi connectivity index (χ3v) is 1.84. The molecule has 0 fully saturated rings. The topological polar surface area (TPSA) is 124 Å². The highest BCUT2D eigenvalue weighted by Gasteiger charge is 2.12. The number of aromatic nitrogens is 5. The van der Waals surface area contributed by atoms with Gasteiger partial charge in [-0.15, -0.1) is 10.2 Å². The smallest absolute Gasteiger partial charge is 0.342 e. The van der Waals surface area contributed by atoms with Crippen LogP contribution in [-0.2, 0) is 7.05 Å². The average Bonchev–Trinajstić information content (AvgIpc) is 2.74. The average molecular weight is 235 g/mol. The molecule has 0 aliphatic carbocycles. The summed E-state index contributed by atoms with van der Waals surface area (Å²) in [4.78, 5) is 3.86. The van der Waals surface area contributed by atoms with Crippen molar-refractivity contribution in [1.29, 1.82) is 0 Å². The van der Waals surface area contributed by atoms with Crippen LogP contribution in [0.1, 0.15) is 5.56 Å². The number of ether oxygens (including phenoxy) is 1. The molecule has 0 amide bonds. The third-order valence-electron chi connectivity index (χ3n) is 1.84. The molecule has 3 N–H and O–H groups in total. The van der Waals surface area contributed by atoms with E-state index in [1.807, 2.05) is 0 Å². The predicted molar refractivity (Wildman–Crippen MR) is 55.6 cm³/mol. The van der Waals surface area contributed by atoms with Gasteiger partial charge in [0.2, 0.25) is 0 Å². The number of aryl methyl sites for hydroxylation is 1. The van der Waals surface area contributed by atoms with E-state index in [1.54, 1.807) is 7.05 Å². The molecule has 2 heterocycles. The third kappa shape index (κ3) is 2.27. The van der Waals surface area contributed by atoms with E-state index in [4.69, 9.17) is 15.7 Å². The van der Waals surface area contributed by atoms with E-state index in [-0.39, 0.29) is 17.7 Å². The van der Waals surface area contributed by atoms with Crippen LogP contribution in [-0.4, -0.2) is 36.0 Å². The molecule has 0 bridgehead atoms. The molecule has 0 saturated heterocycles. The van der Waals surface area contributed by atoms with Crippen molar-refractivity contribution in [2.75, 3.05) is 0 Å². The van der Waals surface area contributed by atoms with E-state index in [0.717, 1.165) is 0 Å². The molecule has 9 nitrogen and oxygen atoms in total. The summed E-state index contributed by atoms with van der Waals surface area (Å²) in [5.41, 5.74) is 5.76. The van der Waals surface area contributed by atoms with Crippen LogP contribution in [0.4, 0.5) is 0 Å². The van der Waals surface area contributed by atoms with Gasteiger partial charge in [0, 0.05) is 7.05 Å². The van der Waals surface area contributed by atoms with Crippen molar-refractivity contribution in [2.45, 2.75) is 0 Å². The Kier molecular flexibility index (Phi) is 2.81. The molecule has 0 saturated carbocycles. The maximum absolute atomic E-state index is 8.61. The lowest BCUT2D eigenvalue weighted by molar-refractivity contribution is 0.318. The van der Waals surface area contributed by atoms with Gasteiger partial charge in [0.1, 0.15) is 6.33 Å². The number of oxime groups is 1. The molecular formula is C8H9N7O2. The molecule has 88 valence electrons. The van der Waals surface area contributed by atoms with Crippen LogP contribution in [0, 0.1) is 0 Å². The van der Waals surface area contributed by atoms with Gasteiger partial charge in [0.05, 0.1) is 11.8 Å². The number of nitrogens with zero attached hydrogens (tertiary/aromatic N) is 6. The zero-order valence-corrected chi connectivity index (χ0v) is 8.85. The maximum atomic E-state index is 8.61. The van der Waals surface area contributed by atoms with Crippen molar-refractivity contribution < 1.29 is 9.94 Å². The van der Waals surface area contributed by atoms with Gasteiger partial charge in [0.25, 0.3) is 5.88 Å². The zero-order valence-electron chi connectivity index (χ0n) is 8.85. The first-order valence-corrected chi connectivity index (χ1v) is 4.54. The molecule has 0 radical (unpaired) electrons. The second-order valence-electron chi connectivity index (χ2n) is 3.04. The minimum absolute atomic E-state index is 0.0639. The molecule has 0 aromatic carbocycles. The summed E-state index contributed by atoms with van der Waals surface area (Å²) in [7, 11) is 1.70. The Morgan fingerprint density at radius 1 is 1.59 bits per heavy atom. The quantitative estimate of drug-likeness (QED) is 0.317. The van der Waals surface area contributed by atoms with Crippen molar-refractivity contribution >= 4 is 5.84 Å². The van der Waals surface area contributed by atoms with Gasteiger partial charge >= 0.3 is 6.01 Å². The number of amidine groups is 1. The van der Waals surface area contributed by atoms with Crippen LogP contribution >= 0.6 is 0 Å². The van der Waals surface area contributed by atoms with E-state index in [9.17, 15) is 0 Å². The van der Waals surface area contributed by atoms with Crippen LogP contribution in [0.15, 0.2) is 23.7 Å². The second kappa shape index (κ2) is 4.43. The molecule has 17 heavy (non-hydrogen) atoms. The Morgan fingerprint density at radius 2 is 2.41 bits per heavy atom. The van der Waals surface area contributed by atoms with E-state index in [1.165, 1.54) is 23.3 Å². The minimum Gasteiger partial charge on any atom is -0.409 e. The monoisotopic (exact) mass is 235 g/mol. The summed E-state index contributed by atoms with van der Waals surface area (Å²) in [5, 5.41) is 22.7. The first kappa shape index (κ1) is 10.8. The molecular weight excluding hydrogens is 226 g/mol. The van der Waals surface area contributed by atoms with Crippen LogP contribution in [0.2, 0.25) is 0 Å². The molecule has 2 rings (SSSR count). The number of nitrogens with two attached hydrogens (primary N) is 1. The Bertz CT molecular complexity index is 550. The second-order valence-corrected chi connectivity index (χ2v) is 3.04. The lowest BCUT2D eigenvalue weighted by Gasteiger charge is -2.04. The number of rotatable bonds is 3. The minimum atomic E-state index is -0.133. The van der Waals surface area contributed by atoms with Crippen LogP contribution in [0.3, 0.4) is 0 Å². The molecule has 0 aliphatic rings. The van der Waals surface area contributed by atoms with Gasteiger partial charge in [0.15, 0.2) is 5.84 Å². The molecule has 2 aromatic heterocycles. The largest absolute Gasteiger partial charge is 0.409 e. The molecule has 0 aliphatic heterocycles. The van der Waals surface area contributed by atoms with Crippen molar-refractivity contribution in [1.82, 2.24) is 25.0 Å². The highest BCUT2D eigenvalue weighted by molar-refractivity contribution is 5.98. The fourth-order valence-corrected chi connectivity index (χ4v) is 1.10. The van der Waals surface area contributed by atoms with E-state index >= 15 is 0 Å². The Morgan fingerprint density at radius 3 is 3.06 bits per heavy atom. The van der Waals surface area contributed by atoms with Gasteiger partial charge in [-0.2, -0.15) is 10.1 Å². The zero-order chi connectivity index (χ0) is 12.3. The fourth-order valence-electron chi connectivity index (χ4n) is 1.10. The number of hydrogen-bond acceptors (Lipinski definition) is 7. The standard InChI is InChI=1S/C8H9N7O2/c1-15-4-10-8(13-15)17-7-5(6(9)14-16)2-3-11-12-7/h2-4,16H,1H3,(H2,9,14). The molecule has 0 atom stereocenters. The fraction of sp³-hybridized carbons (Fsp3) is 0.125. The molecule has 0 unspecified atom stereocenters. The van der Waals surface area contributed by atoms with Gasteiger partial charge < -0.3 is 15.7 Å². The summed E-state index contributed by atoms with van der Waals surface area (Å²) in [6.07, 6.45) is 2.86. The normalized spacial score (nSPS) is 11.5. The molecule has 2 aromatic rings. The Hall–Kier alpha value is -2.71. The van der Waals surface area contributed by atoms with Gasteiger partial charge in [-0.05, 0) is 6.07 Å². The lowest BCUT2D eigenvalue weighted by Crippen LogP contribution is -2.15. The first-order valence-electron chi connectivity index (χ1n) is 4.54. The van der Waals surface area contributed by atoms with Crippen molar-refractivity contribution in [3.63, 3.8) is 0 Å². The van der Waals surface area contributed by atoms with Crippen molar-refractivity contribution in [2.24, 2.45) is 17.9 Å². The van der Waals surface area contributed by atoms with E-state index in [2.05, 4.69) is 25.4 Å². The first-order chi connectivity index (χ1) is 8.20. The lowest BCUT2D eigenvalue weighted by atomic mass is 10.3. The van der Waals surface area contributed by atoms with Crippen LogP contribution in [0.5, 0.6) is 11.9 Å². The van der Waals surface area contributed by atoms with E-state index < -0.39 is 0 Å². The Balaban J connectivity index is 2.32. The summed E-state index contributed by atoms with van der Waals surface area (Å²) >= 11 is 0. The van der Waals surface area contributed by atoms with Crippen molar-refractivity contribution in [3.05, 3.63) is 24.2 Å². The van der Waals surface area contributed by atoms with Gasteiger partial charge in [-0.3, -0.25) is 4.68 Å². The summed E-state index contributed by atoms with van der Waals surface area (Å²) in [5.74, 6) is -0.0696. The summed E-state index contributed by atoms with van der Waals surface area (Å²) in [6.45, 7) is 0. The molecule has 9 heteroatoms. The predicted octanol–water partition coefficient (Wildman–Crippen LogP) is -0.508. The van der Waals surface area contributed by atoms with Crippen LogP contribution in [0.25, 0.3) is 0 Å². The number of hydrogen-bond donors (Lipinski definition) is 2. The van der Waals surface area contributed by atoms with Gasteiger partial charge in [-0.25, -0.2) is 0 Å². The summed E-state index contributed by atoms with van der Waals surface area (Å²) in [6, 6.07) is 1.60. The highest BCUT2D eigenvalue weighted by atomic mass is 16.5. The van der Waals surface area contributed by atoms with E-state index in [0.29, 0.717) is 5.56 Å². The van der Waals surface area contributed by atoms with Gasteiger partial charge in [-0.1, -0.05) is 5.16 Å². The van der Waals surface area contributed by atoms with Crippen molar-refractivity contribution in [3.8, 4) is 11.9 Å². The SMILES string of the molecule is Cn1cnc(Oc2nnccc2/C(N)=N/O)n1. The molecule has 0 spiro atoms. The maximum Gasteiger partial charge on any atom is 0.342 e. The van der Waals surface area contributed by atoms with Crippen LogP contribution < -0.4 is 10.5 Å². The Labute approximate surface area is 95.6 Å².